The molecule has 0 fully saturated rings. The third-order valence-corrected chi connectivity index (χ3v) is 3.53. The van der Waals surface area contributed by atoms with Crippen molar-refractivity contribution >= 4 is 17.3 Å². The van der Waals surface area contributed by atoms with Gasteiger partial charge in [0.2, 0.25) is 0 Å². The molecule has 8 nitrogen and oxygen atoms in total. The predicted octanol–water partition coefficient (Wildman–Crippen LogP) is 1.96. The number of nitrogens with one attached hydrogen (secondary N) is 1. The van der Waals surface area contributed by atoms with Gasteiger partial charge in [-0.05, 0) is 48.5 Å². The van der Waals surface area contributed by atoms with Crippen LogP contribution in [0.5, 0.6) is 0 Å². The summed E-state index contributed by atoms with van der Waals surface area (Å²) < 4.78 is 1.68. The lowest BCUT2D eigenvalue weighted by Crippen LogP contribution is -2.17. The summed E-state index contributed by atoms with van der Waals surface area (Å²) in [6.45, 7) is 4.82. The minimum atomic E-state index is 0.744. The van der Waals surface area contributed by atoms with Crippen LogP contribution >= 0.6 is 0 Å². The third-order valence-electron chi connectivity index (χ3n) is 3.53. The highest BCUT2D eigenvalue weighted by molar-refractivity contribution is 5.60. The summed E-state index contributed by atoms with van der Waals surface area (Å²) >= 11 is 0. The minimum absolute atomic E-state index is 0.744. The Morgan fingerprint density at radius 1 is 1.17 bits per heavy atom. The van der Waals surface area contributed by atoms with Crippen molar-refractivity contribution in [1.29, 1.82) is 0 Å². The number of aryl methyl sites for hydroxylation is 1. The Balaban J connectivity index is 1.77. The lowest BCUT2D eigenvalue weighted by atomic mass is 10.2. The van der Waals surface area contributed by atoms with E-state index in [4.69, 9.17) is 0 Å². The molecule has 1 N–H and O–H groups in total. The first-order valence-electron chi connectivity index (χ1n) is 7.33. The smallest absolute Gasteiger partial charge is 0.153 e. The third kappa shape index (κ3) is 3.25. The average molecular weight is 310 g/mol. The van der Waals surface area contributed by atoms with Crippen molar-refractivity contribution in [3.8, 4) is 5.69 Å². The van der Waals surface area contributed by atoms with Gasteiger partial charge in [0.1, 0.15) is 18.0 Å². The zero-order chi connectivity index (χ0) is 16.2. The number of aromatic nitrogens is 6. The summed E-state index contributed by atoms with van der Waals surface area (Å²) in [4.78, 5) is 10.6. The van der Waals surface area contributed by atoms with Crippen LogP contribution in [0, 0.1) is 6.92 Å². The standard InChI is InChI=1S/C15H18N8/c1-4-22(3)15-9-14(16-10-17-15)18-12-5-7-13(8-6-12)23-11(2)19-20-21-23/h5-10H,4H2,1-3H3,(H,16,17,18). The number of anilines is 3. The summed E-state index contributed by atoms with van der Waals surface area (Å²) in [7, 11) is 2.00. The van der Waals surface area contributed by atoms with E-state index in [0.29, 0.717) is 0 Å². The van der Waals surface area contributed by atoms with E-state index < -0.39 is 0 Å². The van der Waals surface area contributed by atoms with Crippen LogP contribution in [-0.4, -0.2) is 43.8 Å². The van der Waals surface area contributed by atoms with Crippen molar-refractivity contribution in [3.63, 3.8) is 0 Å². The molecular weight excluding hydrogens is 292 g/mol. The molecule has 0 saturated carbocycles. The average Bonchev–Trinajstić information content (AvgIpc) is 3.01. The SMILES string of the molecule is CCN(C)c1cc(Nc2ccc(-n3nnnc3C)cc2)ncn1. The monoisotopic (exact) mass is 310 g/mol. The van der Waals surface area contributed by atoms with Crippen molar-refractivity contribution < 1.29 is 0 Å². The van der Waals surface area contributed by atoms with E-state index in [9.17, 15) is 0 Å². The van der Waals surface area contributed by atoms with Crippen molar-refractivity contribution in [3.05, 3.63) is 42.5 Å². The number of nitrogens with zero attached hydrogens (tertiary/aromatic N) is 7. The fraction of sp³-hybridized carbons (Fsp3) is 0.267. The van der Waals surface area contributed by atoms with Gasteiger partial charge in [0.15, 0.2) is 5.82 Å². The van der Waals surface area contributed by atoms with Gasteiger partial charge < -0.3 is 10.2 Å². The quantitative estimate of drug-likeness (QED) is 0.771. The molecule has 3 aromatic rings. The number of rotatable bonds is 5. The van der Waals surface area contributed by atoms with Gasteiger partial charge in [0.25, 0.3) is 0 Å². The van der Waals surface area contributed by atoms with Gasteiger partial charge in [-0.3, -0.25) is 0 Å². The van der Waals surface area contributed by atoms with Crippen LogP contribution in [0.3, 0.4) is 0 Å². The first-order valence-corrected chi connectivity index (χ1v) is 7.33. The molecule has 118 valence electrons. The largest absolute Gasteiger partial charge is 0.360 e. The molecule has 0 aliphatic rings. The fourth-order valence-electron chi connectivity index (χ4n) is 2.09. The highest BCUT2D eigenvalue weighted by atomic mass is 15.5. The highest BCUT2D eigenvalue weighted by Crippen LogP contribution is 2.19. The van der Waals surface area contributed by atoms with E-state index in [2.05, 4.69) is 42.6 Å². The van der Waals surface area contributed by atoms with E-state index >= 15 is 0 Å². The van der Waals surface area contributed by atoms with Gasteiger partial charge in [0, 0.05) is 25.3 Å². The molecule has 2 heterocycles. The molecule has 3 rings (SSSR count). The molecule has 2 aromatic heterocycles. The summed E-state index contributed by atoms with van der Waals surface area (Å²) in [5.74, 6) is 2.38. The first-order chi connectivity index (χ1) is 11.2. The topological polar surface area (TPSA) is 84.7 Å². The van der Waals surface area contributed by atoms with Gasteiger partial charge in [-0.25, -0.2) is 9.97 Å². The van der Waals surface area contributed by atoms with E-state index in [-0.39, 0.29) is 0 Å². The van der Waals surface area contributed by atoms with E-state index in [1.165, 1.54) is 0 Å². The number of tetrazole rings is 1. The fourth-order valence-corrected chi connectivity index (χ4v) is 2.09. The number of benzene rings is 1. The lowest BCUT2D eigenvalue weighted by Gasteiger charge is -2.16. The van der Waals surface area contributed by atoms with Gasteiger partial charge in [0.05, 0.1) is 5.69 Å². The zero-order valence-electron chi connectivity index (χ0n) is 13.3. The normalized spacial score (nSPS) is 10.6. The summed E-state index contributed by atoms with van der Waals surface area (Å²) in [6.07, 6.45) is 1.56. The van der Waals surface area contributed by atoms with Crippen molar-refractivity contribution in [1.82, 2.24) is 30.2 Å². The zero-order valence-corrected chi connectivity index (χ0v) is 13.3. The van der Waals surface area contributed by atoms with E-state index in [0.717, 1.165) is 35.4 Å². The summed E-state index contributed by atoms with van der Waals surface area (Å²) in [5, 5.41) is 14.8. The van der Waals surface area contributed by atoms with Crippen LogP contribution in [0.25, 0.3) is 5.69 Å². The molecular formula is C15H18N8. The van der Waals surface area contributed by atoms with E-state index in [1.54, 1.807) is 11.0 Å². The molecule has 0 atom stereocenters. The lowest BCUT2D eigenvalue weighted by molar-refractivity contribution is 0.779. The molecule has 0 radical (unpaired) electrons. The second kappa shape index (κ2) is 6.39. The summed E-state index contributed by atoms with van der Waals surface area (Å²) in [6, 6.07) is 9.74. The van der Waals surface area contributed by atoms with Crippen LogP contribution < -0.4 is 10.2 Å². The Hall–Kier alpha value is -3.03. The van der Waals surface area contributed by atoms with Gasteiger partial charge >= 0.3 is 0 Å². The Morgan fingerprint density at radius 3 is 2.61 bits per heavy atom. The van der Waals surface area contributed by atoms with Crippen LogP contribution in [0.15, 0.2) is 36.7 Å². The van der Waals surface area contributed by atoms with Crippen LogP contribution in [0.1, 0.15) is 12.7 Å². The molecule has 23 heavy (non-hydrogen) atoms. The molecule has 0 aliphatic carbocycles. The Kier molecular flexibility index (Phi) is 4.13. The highest BCUT2D eigenvalue weighted by Gasteiger charge is 2.05. The molecule has 0 unspecified atom stereocenters. The Morgan fingerprint density at radius 2 is 1.96 bits per heavy atom. The Bertz CT molecular complexity index is 780. The minimum Gasteiger partial charge on any atom is -0.360 e. The maximum absolute atomic E-state index is 4.26. The van der Waals surface area contributed by atoms with Crippen molar-refractivity contribution in [2.24, 2.45) is 0 Å². The first kappa shape index (κ1) is 14.9. The molecule has 1 aromatic carbocycles. The van der Waals surface area contributed by atoms with E-state index in [1.807, 2.05) is 44.3 Å². The second-order valence-corrected chi connectivity index (χ2v) is 5.09. The summed E-state index contributed by atoms with van der Waals surface area (Å²) in [5.41, 5.74) is 1.84. The van der Waals surface area contributed by atoms with Crippen LogP contribution in [0.2, 0.25) is 0 Å². The van der Waals surface area contributed by atoms with Crippen molar-refractivity contribution in [2.45, 2.75) is 13.8 Å². The van der Waals surface area contributed by atoms with Crippen LogP contribution in [-0.2, 0) is 0 Å². The molecule has 0 saturated heterocycles. The van der Waals surface area contributed by atoms with Gasteiger partial charge in [-0.2, -0.15) is 4.68 Å². The maximum atomic E-state index is 4.26. The molecule has 8 heteroatoms. The molecule has 0 aliphatic heterocycles. The van der Waals surface area contributed by atoms with Gasteiger partial charge in [-0.15, -0.1) is 5.10 Å². The second-order valence-electron chi connectivity index (χ2n) is 5.09. The molecule has 0 spiro atoms. The number of hydrogen-bond acceptors (Lipinski definition) is 7. The Labute approximate surface area is 134 Å². The molecule has 0 amide bonds. The van der Waals surface area contributed by atoms with Crippen molar-refractivity contribution in [2.75, 3.05) is 23.8 Å². The molecule has 0 bridgehead atoms. The van der Waals surface area contributed by atoms with Crippen LogP contribution in [0.4, 0.5) is 17.3 Å². The maximum Gasteiger partial charge on any atom is 0.153 e. The number of hydrogen-bond donors (Lipinski definition) is 1. The van der Waals surface area contributed by atoms with Gasteiger partial charge in [-0.1, -0.05) is 0 Å². The predicted molar refractivity (Wildman–Crippen MR) is 88.1 cm³/mol.